The van der Waals surface area contributed by atoms with Crippen molar-refractivity contribution in [1.29, 1.82) is 0 Å². The number of hydrogen-bond donors (Lipinski definition) is 1. The second-order valence-electron chi connectivity index (χ2n) is 4.61. The topological polar surface area (TPSA) is 72.4 Å². The number of carbonyl (C=O) groups excluding carboxylic acids is 1. The van der Waals surface area contributed by atoms with Crippen molar-refractivity contribution in [2.75, 3.05) is 12.8 Å². The average molecular weight is 259 g/mol. The minimum absolute atomic E-state index is 0.0783. The molecule has 0 spiro atoms. The predicted molar refractivity (Wildman–Crippen MR) is 72.6 cm³/mol. The molecule has 0 fully saturated rings. The molecule has 5 nitrogen and oxygen atoms in total. The maximum absolute atomic E-state index is 12.3. The summed E-state index contributed by atoms with van der Waals surface area (Å²) in [7, 11) is 1.73. The van der Waals surface area contributed by atoms with E-state index in [1.54, 1.807) is 30.1 Å². The Morgan fingerprint density at radius 2 is 2.16 bits per heavy atom. The van der Waals surface area contributed by atoms with Crippen LogP contribution in [0.15, 0.2) is 28.8 Å². The summed E-state index contributed by atoms with van der Waals surface area (Å²) in [5.41, 5.74) is 8.58. The smallest absolute Gasteiger partial charge is 0.254 e. The minimum atomic E-state index is -0.0783. The fraction of sp³-hybridized carbons (Fsp3) is 0.286. The third kappa shape index (κ3) is 2.76. The molecule has 0 atom stereocenters. The molecule has 0 saturated heterocycles. The van der Waals surface area contributed by atoms with Crippen molar-refractivity contribution < 1.29 is 9.32 Å². The Morgan fingerprint density at radius 3 is 2.79 bits per heavy atom. The van der Waals surface area contributed by atoms with Gasteiger partial charge in [0.25, 0.3) is 5.91 Å². The number of carbonyl (C=O) groups is 1. The van der Waals surface area contributed by atoms with Gasteiger partial charge in [0, 0.05) is 24.4 Å². The van der Waals surface area contributed by atoms with Gasteiger partial charge in [-0.1, -0.05) is 11.2 Å². The van der Waals surface area contributed by atoms with Crippen molar-refractivity contribution >= 4 is 11.6 Å². The molecule has 2 rings (SSSR count). The fourth-order valence-electron chi connectivity index (χ4n) is 1.90. The number of anilines is 1. The first-order chi connectivity index (χ1) is 8.99. The molecule has 0 saturated carbocycles. The minimum Gasteiger partial charge on any atom is -0.398 e. The second kappa shape index (κ2) is 5.14. The van der Waals surface area contributed by atoms with E-state index in [0.29, 0.717) is 17.8 Å². The van der Waals surface area contributed by atoms with Gasteiger partial charge < -0.3 is 15.2 Å². The van der Waals surface area contributed by atoms with Crippen LogP contribution >= 0.6 is 0 Å². The molecule has 1 aromatic heterocycles. The lowest BCUT2D eigenvalue weighted by Gasteiger charge is -2.17. The maximum atomic E-state index is 12.3. The molecule has 0 unspecified atom stereocenters. The van der Waals surface area contributed by atoms with Crippen LogP contribution in [0.4, 0.5) is 5.69 Å². The van der Waals surface area contributed by atoms with Gasteiger partial charge in [-0.2, -0.15) is 0 Å². The van der Waals surface area contributed by atoms with E-state index >= 15 is 0 Å². The van der Waals surface area contributed by atoms with Gasteiger partial charge in [0.1, 0.15) is 11.5 Å². The van der Waals surface area contributed by atoms with E-state index in [4.69, 9.17) is 10.3 Å². The summed E-state index contributed by atoms with van der Waals surface area (Å²) in [5, 5.41) is 3.88. The molecule has 1 heterocycles. The molecule has 1 aromatic carbocycles. The third-order valence-electron chi connectivity index (χ3n) is 3.03. The summed E-state index contributed by atoms with van der Waals surface area (Å²) in [5.74, 6) is 0.654. The number of rotatable bonds is 3. The lowest BCUT2D eigenvalue weighted by Crippen LogP contribution is -2.27. The first kappa shape index (κ1) is 13.1. The molecule has 100 valence electrons. The molecular weight excluding hydrogens is 242 g/mol. The Labute approximate surface area is 112 Å². The van der Waals surface area contributed by atoms with Crippen molar-refractivity contribution in [3.05, 3.63) is 46.8 Å². The van der Waals surface area contributed by atoms with Crippen LogP contribution in [0.5, 0.6) is 0 Å². The summed E-state index contributed by atoms with van der Waals surface area (Å²) in [4.78, 5) is 13.9. The van der Waals surface area contributed by atoms with Gasteiger partial charge in [-0.3, -0.25) is 4.79 Å². The highest BCUT2D eigenvalue weighted by Gasteiger charge is 2.16. The monoisotopic (exact) mass is 259 g/mol. The first-order valence-corrected chi connectivity index (χ1v) is 6.02. The van der Waals surface area contributed by atoms with Crippen LogP contribution in [0.3, 0.4) is 0 Å². The normalized spacial score (nSPS) is 10.5. The first-order valence-electron chi connectivity index (χ1n) is 6.02. The van der Waals surface area contributed by atoms with Gasteiger partial charge in [0.2, 0.25) is 0 Å². The molecule has 0 aliphatic carbocycles. The van der Waals surface area contributed by atoms with E-state index < -0.39 is 0 Å². The lowest BCUT2D eigenvalue weighted by atomic mass is 10.1. The number of aryl methyl sites for hydroxylation is 1. The fourth-order valence-corrected chi connectivity index (χ4v) is 1.90. The Balaban J connectivity index is 2.17. The number of amides is 1. The standard InChI is InChI=1S/C14H17N3O2/c1-9-7-11(16-19-9)8-17(3)14(18)12-5-4-6-13(15)10(12)2/h4-7H,8,15H2,1-3H3. The predicted octanol–water partition coefficient (Wildman–Crippen LogP) is 2.15. The Kier molecular flexibility index (Phi) is 3.55. The third-order valence-corrected chi connectivity index (χ3v) is 3.03. The zero-order valence-corrected chi connectivity index (χ0v) is 11.3. The second-order valence-corrected chi connectivity index (χ2v) is 4.61. The molecule has 0 bridgehead atoms. The summed E-state index contributed by atoms with van der Waals surface area (Å²) in [6.07, 6.45) is 0. The van der Waals surface area contributed by atoms with Gasteiger partial charge in [0.15, 0.2) is 0 Å². The molecule has 1 amide bonds. The summed E-state index contributed by atoms with van der Waals surface area (Å²) >= 11 is 0. The van der Waals surface area contributed by atoms with E-state index in [1.807, 2.05) is 19.9 Å². The molecule has 0 aliphatic rings. The van der Waals surface area contributed by atoms with E-state index in [-0.39, 0.29) is 5.91 Å². The van der Waals surface area contributed by atoms with Crippen molar-refractivity contribution in [2.24, 2.45) is 0 Å². The number of hydrogen-bond acceptors (Lipinski definition) is 4. The van der Waals surface area contributed by atoms with Crippen molar-refractivity contribution in [2.45, 2.75) is 20.4 Å². The number of aromatic nitrogens is 1. The Bertz CT molecular complexity index is 604. The Morgan fingerprint density at radius 1 is 1.42 bits per heavy atom. The highest BCUT2D eigenvalue weighted by molar-refractivity contribution is 5.96. The van der Waals surface area contributed by atoms with E-state index in [1.165, 1.54) is 0 Å². The van der Waals surface area contributed by atoms with Crippen LogP contribution in [0.25, 0.3) is 0 Å². The van der Waals surface area contributed by atoms with Gasteiger partial charge in [-0.15, -0.1) is 0 Å². The van der Waals surface area contributed by atoms with Gasteiger partial charge >= 0.3 is 0 Å². The molecule has 19 heavy (non-hydrogen) atoms. The van der Waals surface area contributed by atoms with Crippen molar-refractivity contribution in [3.8, 4) is 0 Å². The van der Waals surface area contributed by atoms with E-state index in [9.17, 15) is 4.79 Å². The molecule has 0 radical (unpaired) electrons. The highest BCUT2D eigenvalue weighted by atomic mass is 16.5. The quantitative estimate of drug-likeness (QED) is 0.857. The van der Waals surface area contributed by atoms with Gasteiger partial charge in [-0.05, 0) is 31.5 Å². The number of nitrogens with two attached hydrogens (primary N) is 1. The van der Waals surface area contributed by atoms with Crippen LogP contribution in [-0.4, -0.2) is 23.0 Å². The van der Waals surface area contributed by atoms with E-state index in [0.717, 1.165) is 17.0 Å². The van der Waals surface area contributed by atoms with Crippen LogP contribution in [0, 0.1) is 13.8 Å². The van der Waals surface area contributed by atoms with Crippen LogP contribution < -0.4 is 5.73 Å². The Hall–Kier alpha value is -2.30. The van der Waals surface area contributed by atoms with Crippen LogP contribution in [0.2, 0.25) is 0 Å². The number of nitrogen functional groups attached to an aromatic ring is 1. The lowest BCUT2D eigenvalue weighted by molar-refractivity contribution is 0.0781. The van der Waals surface area contributed by atoms with E-state index in [2.05, 4.69) is 5.16 Å². The summed E-state index contributed by atoms with van der Waals surface area (Å²) in [6.45, 7) is 4.07. The summed E-state index contributed by atoms with van der Waals surface area (Å²) < 4.78 is 4.99. The SMILES string of the molecule is Cc1cc(CN(C)C(=O)c2cccc(N)c2C)no1. The average Bonchev–Trinajstić information content (AvgIpc) is 2.77. The van der Waals surface area contributed by atoms with Gasteiger partial charge in [0.05, 0.1) is 6.54 Å². The van der Waals surface area contributed by atoms with Crippen LogP contribution in [-0.2, 0) is 6.54 Å². The largest absolute Gasteiger partial charge is 0.398 e. The number of benzene rings is 1. The zero-order valence-electron chi connectivity index (χ0n) is 11.3. The molecule has 0 aliphatic heterocycles. The van der Waals surface area contributed by atoms with Gasteiger partial charge in [-0.25, -0.2) is 0 Å². The van der Waals surface area contributed by atoms with Crippen molar-refractivity contribution in [1.82, 2.24) is 10.1 Å². The zero-order chi connectivity index (χ0) is 14.0. The number of nitrogens with zero attached hydrogens (tertiary/aromatic N) is 2. The summed E-state index contributed by atoms with van der Waals surface area (Å²) in [6, 6.07) is 7.16. The molecular formula is C14H17N3O2. The van der Waals surface area contributed by atoms with Crippen molar-refractivity contribution in [3.63, 3.8) is 0 Å². The van der Waals surface area contributed by atoms with Crippen LogP contribution in [0.1, 0.15) is 27.4 Å². The highest BCUT2D eigenvalue weighted by Crippen LogP contribution is 2.17. The maximum Gasteiger partial charge on any atom is 0.254 e. The molecule has 2 N–H and O–H groups in total. The molecule has 2 aromatic rings. The molecule has 5 heteroatoms.